The molecule has 1 aromatic heterocycles. The van der Waals surface area contributed by atoms with Crippen LogP contribution in [0.25, 0.3) is 11.0 Å². The van der Waals surface area contributed by atoms with Gasteiger partial charge in [-0.1, -0.05) is 54.6 Å². The van der Waals surface area contributed by atoms with E-state index in [4.69, 9.17) is 4.74 Å². The summed E-state index contributed by atoms with van der Waals surface area (Å²) in [7, 11) is 1.31. The van der Waals surface area contributed by atoms with Crippen molar-refractivity contribution in [3.63, 3.8) is 0 Å². The molecule has 1 unspecified atom stereocenters. The minimum atomic E-state index is -0.978. The molecule has 2 amide bonds. The van der Waals surface area contributed by atoms with Crippen LogP contribution in [0.4, 0.5) is 5.69 Å². The Morgan fingerprint density at radius 1 is 0.974 bits per heavy atom. The molecule has 0 saturated heterocycles. The number of benzene rings is 3. The molecule has 3 aromatic carbocycles. The monoisotopic (exact) mass is 513 g/mol. The average molecular weight is 514 g/mol. The third-order valence-electron chi connectivity index (χ3n) is 6.51. The van der Waals surface area contributed by atoms with E-state index in [1.54, 1.807) is 24.3 Å². The molecule has 0 bridgehead atoms. The number of esters is 1. The largest absolute Gasteiger partial charge is 0.465 e. The number of hydrogen-bond acceptors (Lipinski definition) is 6. The third-order valence-corrected chi connectivity index (χ3v) is 6.51. The summed E-state index contributed by atoms with van der Waals surface area (Å²) < 4.78 is 6.33. The highest BCUT2D eigenvalue weighted by molar-refractivity contribution is 6.02. The van der Waals surface area contributed by atoms with Crippen LogP contribution in [0.3, 0.4) is 0 Å². The van der Waals surface area contributed by atoms with Crippen molar-refractivity contribution >= 4 is 34.5 Å². The molecule has 1 atom stereocenters. The summed E-state index contributed by atoms with van der Waals surface area (Å²) in [6, 6.07) is 21.9. The number of carbonyl (C=O) groups is 3. The van der Waals surface area contributed by atoms with Crippen molar-refractivity contribution in [2.75, 3.05) is 12.0 Å². The van der Waals surface area contributed by atoms with E-state index in [1.807, 2.05) is 75.4 Å². The Labute approximate surface area is 221 Å². The summed E-state index contributed by atoms with van der Waals surface area (Å²) in [4.78, 5) is 41.4. The number of methoxy groups -OCH3 is 1. The van der Waals surface area contributed by atoms with E-state index in [2.05, 4.69) is 15.6 Å². The molecule has 1 N–H and O–H groups in total. The highest BCUT2D eigenvalue weighted by Crippen LogP contribution is 2.30. The van der Waals surface area contributed by atoms with E-state index in [-0.39, 0.29) is 18.4 Å². The van der Waals surface area contributed by atoms with Crippen LogP contribution in [0, 0.1) is 0 Å². The number of rotatable bonds is 9. The van der Waals surface area contributed by atoms with Crippen LogP contribution in [0.5, 0.6) is 0 Å². The highest BCUT2D eigenvalue weighted by atomic mass is 16.5. The number of carbonyl (C=O) groups excluding carboxylic acids is 3. The Balaban J connectivity index is 1.81. The molecule has 9 heteroatoms. The number of para-hydroxylation sites is 1. The zero-order valence-electron chi connectivity index (χ0n) is 21.9. The quantitative estimate of drug-likeness (QED) is 0.335. The van der Waals surface area contributed by atoms with Gasteiger partial charge in [0.05, 0.1) is 18.2 Å². The molecule has 4 rings (SSSR count). The fourth-order valence-corrected chi connectivity index (χ4v) is 4.09. The Morgan fingerprint density at radius 2 is 1.63 bits per heavy atom. The molecule has 1 heterocycles. The van der Waals surface area contributed by atoms with Crippen molar-refractivity contribution in [1.29, 1.82) is 0 Å². The number of hydrogen-bond donors (Lipinski definition) is 1. The topological polar surface area (TPSA) is 106 Å². The van der Waals surface area contributed by atoms with E-state index >= 15 is 0 Å². The molecule has 0 saturated carbocycles. The van der Waals surface area contributed by atoms with Gasteiger partial charge in [-0.3, -0.25) is 14.5 Å². The number of anilines is 1. The van der Waals surface area contributed by atoms with Crippen molar-refractivity contribution in [3.05, 3.63) is 90.0 Å². The predicted octanol–water partition coefficient (Wildman–Crippen LogP) is 4.30. The predicted molar refractivity (Wildman–Crippen MR) is 144 cm³/mol. The fourth-order valence-electron chi connectivity index (χ4n) is 4.09. The Bertz CT molecular complexity index is 1430. The number of nitrogens with zero attached hydrogens (tertiary/aromatic N) is 4. The van der Waals surface area contributed by atoms with Gasteiger partial charge in [-0.15, -0.1) is 5.10 Å². The first-order valence-corrected chi connectivity index (χ1v) is 12.4. The van der Waals surface area contributed by atoms with Crippen molar-refractivity contribution in [3.8, 4) is 0 Å². The zero-order valence-corrected chi connectivity index (χ0v) is 21.9. The van der Waals surface area contributed by atoms with Crippen LogP contribution in [0.2, 0.25) is 0 Å². The second-order valence-corrected chi connectivity index (χ2v) is 9.58. The number of amides is 2. The highest BCUT2D eigenvalue weighted by Gasteiger charge is 2.35. The molecule has 196 valence electrons. The lowest BCUT2D eigenvalue weighted by molar-refractivity contribution is -0.128. The molecule has 0 aliphatic rings. The lowest BCUT2D eigenvalue weighted by atomic mass is 9.98. The molecule has 9 nitrogen and oxygen atoms in total. The van der Waals surface area contributed by atoms with Gasteiger partial charge < -0.3 is 10.1 Å². The molecule has 0 aliphatic carbocycles. The molecule has 0 aliphatic heterocycles. The van der Waals surface area contributed by atoms with Gasteiger partial charge in [0.2, 0.25) is 11.8 Å². The van der Waals surface area contributed by atoms with Gasteiger partial charge >= 0.3 is 5.97 Å². The molecule has 38 heavy (non-hydrogen) atoms. The van der Waals surface area contributed by atoms with E-state index in [1.165, 1.54) is 16.7 Å². The summed E-state index contributed by atoms with van der Waals surface area (Å²) in [5.41, 5.74) is 2.30. The fraction of sp³-hybridized carbons (Fsp3) is 0.276. The standard InChI is InChI=1S/C29H31N5O4/c1-5-29(2,3)30-27(36)26(20-11-7-6-8-12-20)34(22-17-15-21(16-18-22)28(37)38-4)25(35)19-33-24-14-10-9-13-23(24)31-32-33/h6-18,26H,5,19H2,1-4H3,(H,30,36). The maximum absolute atomic E-state index is 14.0. The Kier molecular flexibility index (Phi) is 7.85. The van der Waals surface area contributed by atoms with E-state index in [0.717, 1.165) is 0 Å². The molecular weight excluding hydrogens is 482 g/mol. The molecular formula is C29H31N5O4. The van der Waals surface area contributed by atoms with Crippen molar-refractivity contribution in [1.82, 2.24) is 20.3 Å². The SMILES string of the molecule is CCC(C)(C)NC(=O)C(c1ccccc1)N(C(=O)Cn1nnc2ccccc21)c1ccc(C(=O)OC)cc1. The van der Waals surface area contributed by atoms with Crippen molar-refractivity contribution in [2.45, 2.75) is 45.3 Å². The van der Waals surface area contributed by atoms with Gasteiger partial charge in [-0.05, 0) is 62.2 Å². The van der Waals surface area contributed by atoms with Crippen LogP contribution < -0.4 is 10.2 Å². The van der Waals surface area contributed by atoms with Gasteiger partial charge in [0.15, 0.2) is 0 Å². The Hall–Kier alpha value is -4.53. The number of nitrogens with one attached hydrogen (secondary N) is 1. The average Bonchev–Trinajstić information content (AvgIpc) is 3.34. The molecule has 0 radical (unpaired) electrons. The minimum absolute atomic E-state index is 0.146. The lowest BCUT2D eigenvalue weighted by Crippen LogP contribution is -2.51. The second-order valence-electron chi connectivity index (χ2n) is 9.58. The van der Waals surface area contributed by atoms with E-state index in [0.29, 0.717) is 34.3 Å². The summed E-state index contributed by atoms with van der Waals surface area (Å²) in [6.07, 6.45) is 0.701. The number of ether oxygens (including phenoxy) is 1. The van der Waals surface area contributed by atoms with Gasteiger partial charge in [0.25, 0.3) is 0 Å². The molecule has 4 aromatic rings. The molecule has 0 fully saturated rings. The third kappa shape index (κ3) is 5.72. The van der Waals surface area contributed by atoms with E-state index in [9.17, 15) is 14.4 Å². The van der Waals surface area contributed by atoms with Crippen LogP contribution >= 0.6 is 0 Å². The van der Waals surface area contributed by atoms with Crippen LogP contribution in [0.1, 0.15) is 49.2 Å². The summed E-state index contributed by atoms with van der Waals surface area (Å²) in [6.45, 7) is 5.72. The Morgan fingerprint density at radius 3 is 2.29 bits per heavy atom. The smallest absolute Gasteiger partial charge is 0.337 e. The summed E-state index contributed by atoms with van der Waals surface area (Å²) >= 11 is 0. The van der Waals surface area contributed by atoms with Gasteiger partial charge in [0, 0.05) is 11.2 Å². The van der Waals surface area contributed by atoms with Crippen LogP contribution in [-0.2, 0) is 20.9 Å². The number of fused-ring (bicyclic) bond motifs is 1. The normalized spacial score (nSPS) is 12.1. The van der Waals surface area contributed by atoms with E-state index < -0.39 is 17.6 Å². The van der Waals surface area contributed by atoms with Crippen molar-refractivity contribution < 1.29 is 19.1 Å². The first kappa shape index (κ1) is 26.5. The molecule has 0 spiro atoms. The first-order chi connectivity index (χ1) is 18.2. The van der Waals surface area contributed by atoms with Gasteiger partial charge in [-0.2, -0.15) is 0 Å². The van der Waals surface area contributed by atoms with Crippen LogP contribution in [0.15, 0.2) is 78.9 Å². The summed E-state index contributed by atoms with van der Waals surface area (Å²) in [5, 5.41) is 11.4. The lowest BCUT2D eigenvalue weighted by Gasteiger charge is -2.34. The van der Waals surface area contributed by atoms with Crippen molar-refractivity contribution in [2.24, 2.45) is 0 Å². The van der Waals surface area contributed by atoms with Gasteiger partial charge in [-0.25, -0.2) is 9.48 Å². The number of aromatic nitrogens is 3. The zero-order chi connectivity index (χ0) is 27.3. The summed E-state index contributed by atoms with van der Waals surface area (Å²) in [5.74, 6) is -1.19. The van der Waals surface area contributed by atoms with Crippen LogP contribution in [-0.4, -0.2) is 45.4 Å². The maximum atomic E-state index is 14.0. The second kappa shape index (κ2) is 11.2. The minimum Gasteiger partial charge on any atom is -0.465 e. The maximum Gasteiger partial charge on any atom is 0.337 e. The first-order valence-electron chi connectivity index (χ1n) is 12.4. The van der Waals surface area contributed by atoms with Gasteiger partial charge in [0.1, 0.15) is 18.1 Å².